The Balaban J connectivity index is 1.29. The molecule has 5 aliphatic rings. The van der Waals surface area contributed by atoms with Crippen molar-refractivity contribution in [2.45, 2.75) is 107 Å². The molecular formula is C32H41FN6O3. The minimum atomic E-state index is -0.908. The Hall–Kier alpha value is -3.00. The van der Waals surface area contributed by atoms with Gasteiger partial charge in [-0.05, 0) is 70.0 Å². The van der Waals surface area contributed by atoms with Gasteiger partial charge >= 0.3 is 6.01 Å². The number of fused-ring (bicyclic) bond motifs is 4. The lowest BCUT2D eigenvalue weighted by Gasteiger charge is -2.50. The average Bonchev–Trinajstić information content (AvgIpc) is 3.43. The van der Waals surface area contributed by atoms with Gasteiger partial charge in [0.15, 0.2) is 0 Å². The summed E-state index contributed by atoms with van der Waals surface area (Å²) in [5, 5.41) is 21.1. The molecule has 3 fully saturated rings. The molecule has 0 saturated carbocycles. The van der Waals surface area contributed by atoms with Crippen LogP contribution in [0.4, 0.5) is 15.9 Å². The third-order valence-electron chi connectivity index (χ3n) is 10.7. The van der Waals surface area contributed by atoms with E-state index in [9.17, 15) is 14.8 Å². The SMILES string of the molecule is CC1CCC2(Cc3nc(OCC45CCCN4CC(F)C5)nc(N4CCC4C(C)(C)O)c3CO2)c2c1ccc(N)c2C#N. The van der Waals surface area contributed by atoms with E-state index in [1.165, 1.54) is 0 Å². The normalized spacial score (nSPS) is 32.2. The largest absolute Gasteiger partial charge is 0.461 e. The molecule has 0 bridgehead atoms. The summed E-state index contributed by atoms with van der Waals surface area (Å²) < 4.78 is 27.6. The fourth-order valence-electron chi connectivity index (χ4n) is 8.35. The van der Waals surface area contributed by atoms with Crippen LogP contribution in [-0.2, 0) is 23.4 Å². The predicted octanol–water partition coefficient (Wildman–Crippen LogP) is 4.10. The summed E-state index contributed by atoms with van der Waals surface area (Å²) in [6, 6.07) is 6.42. The topological polar surface area (TPSA) is 121 Å². The van der Waals surface area contributed by atoms with Crippen LogP contribution in [0, 0.1) is 11.3 Å². The summed E-state index contributed by atoms with van der Waals surface area (Å²) in [7, 11) is 0. The standard InChI is InChI=1S/C32H41FN6O3/c1-19-7-10-32(27-21(19)5-6-24(35)22(27)15-34)14-25-23(17-42-32)28(39-12-8-26(39)30(2,3)40)37-29(36-25)41-18-31-9-4-11-38(31)16-20(33)13-31/h5-6,19-20,26,40H,4,7-14,16-18,35H2,1-3H3. The maximum Gasteiger partial charge on any atom is 0.318 e. The molecule has 1 aromatic heterocycles. The first kappa shape index (κ1) is 27.8. The van der Waals surface area contributed by atoms with E-state index in [2.05, 4.69) is 22.8 Å². The Labute approximate surface area is 246 Å². The van der Waals surface area contributed by atoms with Crippen LogP contribution in [0.1, 0.15) is 93.2 Å². The third-order valence-corrected chi connectivity index (χ3v) is 10.7. The van der Waals surface area contributed by atoms with E-state index in [1.807, 2.05) is 26.0 Å². The first-order valence-corrected chi connectivity index (χ1v) is 15.4. The average molecular weight is 577 g/mol. The van der Waals surface area contributed by atoms with Crippen molar-refractivity contribution >= 4 is 11.5 Å². The maximum atomic E-state index is 14.5. The van der Waals surface area contributed by atoms with E-state index in [-0.39, 0.29) is 30.1 Å². The van der Waals surface area contributed by atoms with Crippen molar-refractivity contribution in [3.8, 4) is 12.1 Å². The second kappa shape index (κ2) is 9.76. The predicted molar refractivity (Wildman–Crippen MR) is 156 cm³/mol. The number of nitrogens with two attached hydrogens (primary N) is 1. The van der Waals surface area contributed by atoms with Crippen LogP contribution in [0.25, 0.3) is 0 Å². The zero-order chi connectivity index (χ0) is 29.4. The molecule has 0 amide bonds. The van der Waals surface area contributed by atoms with E-state index in [1.54, 1.807) is 0 Å². The van der Waals surface area contributed by atoms with Gasteiger partial charge in [0.05, 0.1) is 35.0 Å². The lowest BCUT2D eigenvalue weighted by atomic mass is 9.69. The molecular weight excluding hydrogens is 535 g/mol. The maximum absolute atomic E-state index is 14.5. The summed E-state index contributed by atoms with van der Waals surface area (Å²) in [5.41, 5.74) is 9.05. The molecule has 7 rings (SSSR count). The van der Waals surface area contributed by atoms with Gasteiger partial charge in [-0.3, -0.25) is 4.90 Å². The first-order valence-electron chi connectivity index (χ1n) is 15.4. The number of rotatable bonds is 5. The van der Waals surface area contributed by atoms with Crippen molar-refractivity contribution in [1.82, 2.24) is 14.9 Å². The van der Waals surface area contributed by atoms with Gasteiger partial charge < -0.3 is 25.2 Å². The molecule has 5 heterocycles. The Kier molecular flexibility index (Phi) is 6.46. The number of ether oxygens (including phenoxy) is 2. The second-order valence-corrected chi connectivity index (χ2v) is 13.8. The van der Waals surface area contributed by atoms with Crippen LogP contribution in [-0.4, -0.2) is 69.6 Å². The van der Waals surface area contributed by atoms with Gasteiger partial charge in [-0.25, -0.2) is 4.39 Å². The van der Waals surface area contributed by atoms with E-state index >= 15 is 0 Å². The highest BCUT2D eigenvalue weighted by Crippen LogP contribution is 2.51. The zero-order valence-electron chi connectivity index (χ0n) is 24.8. The van der Waals surface area contributed by atoms with Gasteiger partial charge in [0.25, 0.3) is 0 Å². The van der Waals surface area contributed by atoms with Gasteiger partial charge in [0, 0.05) is 42.7 Å². The van der Waals surface area contributed by atoms with Gasteiger partial charge in [-0.2, -0.15) is 15.2 Å². The van der Waals surface area contributed by atoms with Gasteiger partial charge in [0.2, 0.25) is 0 Å². The number of nitrogens with zero attached hydrogens (tertiary/aromatic N) is 5. The van der Waals surface area contributed by atoms with Gasteiger partial charge in [0.1, 0.15) is 30.3 Å². The van der Waals surface area contributed by atoms with Crippen molar-refractivity contribution in [3.63, 3.8) is 0 Å². The lowest BCUT2D eigenvalue weighted by molar-refractivity contribution is -0.0875. The summed E-state index contributed by atoms with van der Waals surface area (Å²) in [6.45, 7) is 8.59. The number of hydrogen-bond donors (Lipinski definition) is 2. The Bertz CT molecular complexity index is 1460. The van der Waals surface area contributed by atoms with Gasteiger partial charge in [-0.15, -0.1) is 0 Å². The molecule has 9 nitrogen and oxygen atoms in total. The van der Waals surface area contributed by atoms with E-state index in [4.69, 9.17) is 25.2 Å². The van der Waals surface area contributed by atoms with Crippen LogP contribution in [0.2, 0.25) is 0 Å². The Morgan fingerprint density at radius 2 is 2.10 bits per heavy atom. The number of benzene rings is 1. The number of hydrogen-bond acceptors (Lipinski definition) is 9. The van der Waals surface area contributed by atoms with Crippen molar-refractivity contribution in [1.29, 1.82) is 5.26 Å². The highest BCUT2D eigenvalue weighted by Gasteiger charge is 2.50. The highest BCUT2D eigenvalue weighted by molar-refractivity contribution is 5.64. The molecule has 4 aliphatic heterocycles. The monoisotopic (exact) mass is 576 g/mol. The highest BCUT2D eigenvalue weighted by atomic mass is 19.1. The van der Waals surface area contributed by atoms with Crippen molar-refractivity contribution < 1.29 is 19.0 Å². The van der Waals surface area contributed by atoms with Crippen molar-refractivity contribution in [2.24, 2.45) is 0 Å². The number of anilines is 2. The number of aliphatic hydroxyl groups is 1. The number of alkyl halides is 1. The first-order chi connectivity index (χ1) is 20.0. The zero-order valence-corrected chi connectivity index (χ0v) is 24.8. The van der Waals surface area contributed by atoms with Gasteiger partial charge in [-0.1, -0.05) is 13.0 Å². The minimum Gasteiger partial charge on any atom is -0.461 e. The van der Waals surface area contributed by atoms with Crippen LogP contribution < -0.4 is 15.4 Å². The van der Waals surface area contributed by atoms with Crippen molar-refractivity contribution in [2.75, 3.05) is 36.9 Å². The molecule has 224 valence electrons. The van der Waals surface area contributed by atoms with Crippen LogP contribution in [0.5, 0.6) is 6.01 Å². The third kappa shape index (κ3) is 4.27. The number of halogens is 1. The van der Waals surface area contributed by atoms with Crippen LogP contribution in [0.15, 0.2) is 12.1 Å². The van der Waals surface area contributed by atoms with Crippen LogP contribution in [0.3, 0.4) is 0 Å². The van der Waals surface area contributed by atoms with Crippen molar-refractivity contribution in [3.05, 3.63) is 40.1 Å². The fraction of sp³-hybridized carbons (Fsp3) is 0.656. The van der Waals surface area contributed by atoms with E-state index in [0.29, 0.717) is 37.2 Å². The quantitative estimate of drug-likeness (QED) is 0.507. The summed E-state index contributed by atoms with van der Waals surface area (Å²) in [5.74, 6) is 1.02. The molecule has 2 aromatic rings. The van der Waals surface area contributed by atoms with E-state index < -0.39 is 17.4 Å². The molecule has 42 heavy (non-hydrogen) atoms. The van der Waals surface area contributed by atoms with Crippen LogP contribution >= 0.6 is 0 Å². The minimum absolute atomic E-state index is 0.0903. The Morgan fingerprint density at radius 1 is 1.26 bits per heavy atom. The molecule has 1 aromatic carbocycles. The smallest absolute Gasteiger partial charge is 0.318 e. The molecule has 5 atom stereocenters. The second-order valence-electron chi connectivity index (χ2n) is 13.8. The molecule has 5 unspecified atom stereocenters. The number of aromatic nitrogens is 2. The molecule has 1 aliphatic carbocycles. The fourth-order valence-corrected chi connectivity index (χ4v) is 8.35. The molecule has 10 heteroatoms. The number of nitrogen functional groups attached to an aromatic ring is 1. The molecule has 3 saturated heterocycles. The Morgan fingerprint density at radius 3 is 2.83 bits per heavy atom. The molecule has 1 spiro atoms. The summed E-state index contributed by atoms with van der Waals surface area (Å²) in [6.07, 6.45) is 4.58. The summed E-state index contributed by atoms with van der Waals surface area (Å²) in [4.78, 5) is 14.3. The molecule has 3 N–H and O–H groups in total. The summed E-state index contributed by atoms with van der Waals surface area (Å²) >= 11 is 0. The number of nitriles is 1. The molecule has 0 radical (unpaired) electrons. The lowest BCUT2D eigenvalue weighted by Crippen LogP contribution is -2.59. The van der Waals surface area contributed by atoms with E-state index in [0.717, 1.165) is 73.4 Å².